The molecule has 1 amide bonds. The van der Waals surface area contributed by atoms with Gasteiger partial charge in [0.05, 0.1) is 13.7 Å². The van der Waals surface area contributed by atoms with E-state index in [4.69, 9.17) is 14.9 Å². The molecule has 0 atom stereocenters. The third kappa shape index (κ3) is 6.65. The van der Waals surface area contributed by atoms with Gasteiger partial charge in [-0.3, -0.25) is 9.79 Å². The monoisotopic (exact) mass is 458 g/mol. The van der Waals surface area contributed by atoms with Gasteiger partial charge in [-0.1, -0.05) is 12.1 Å². The van der Waals surface area contributed by atoms with Gasteiger partial charge in [0.25, 0.3) is 5.91 Å². The minimum atomic E-state index is -0.580. The van der Waals surface area contributed by atoms with Crippen LogP contribution in [0.1, 0.15) is 21.9 Å². The Balaban J connectivity index is 0.00000312. The maximum Gasteiger partial charge on any atom is 0.284 e. The molecule has 0 spiro atoms. The first-order valence-corrected chi connectivity index (χ1v) is 7.58. The van der Waals surface area contributed by atoms with Crippen LogP contribution in [0, 0.1) is 0 Å². The largest absolute Gasteiger partial charge is 0.497 e. The average Bonchev–Trinajstić information content (AvgIpc) is 3.08. The second-order valence-corrected chi connectivity index (χ2v) is 5.08. The molecule has 7 nitrogen and oxygen atoms in total. The Kier molecular flexibility index (Phi) is 8.82. The number of carbonyl (C=O) groups excluding carboxylic acids is 1. The third-order valence-electron chi connectivity index (χ3n) is 3.42. The normalized spacial score (nSPS) is 10.7. The summed E-state index contributed by atoms with van der Waals surface area (Å²) in [5, 5.41) is 6.34. The number of nitrogens with zero attached hydrogens (tertiary/aromatic N) is 1. The predicted octanol–water partition coefficient (Wildman–Crippen LogP) is 1.91. The van der Waals surface area contributed by atoms with Gasteiger partial charge in [-0.15, -0.1) is 24.0 Å². The van der Waals surface area contributed by atoms with Crippen molar-refractivity contribution in [1.29, 1.82) is 0 Å². The second kappa shape index (κ2) is 10.6. The highest BCUT2D eigenvalue weighted by Gasteiger charge is 2.07. The van der Waals surface area contributed by atoms with Crippen LogP contribution >= 0.6 is 24.0 Å². The highest BCUT2D eigenvalue weighted by atomic mass is 127. The van der Waals surface area contributed by atoms with E-state index in [2.05, 4.69) is 15.6 Å². The number of benzene rings is 1. The summed E-state index contributed by atoms with van der Waals surface area (Å²) >= 11 is 0. The van der Waals surface area contributed by atoms with Crippen LogP contribution in [0.3, 0.4) is 0 Å². The number of hydrogen-bond acceptors (Lipinski definition) is 4. The van der Waals surface area contributed by atoms with Crippen LogP contribution in [0.4, 0.5) is 0 Å². The molecule has 0 saturated carbocycles. The molecule has 8 heteroatoms. The zero-order valence-corrected chi connectivity index (χ0v) is 16.6. The molecule has 25 heavy (non-hydrogen) atoms. The molecule has 0 saturated heterocycles. The number of furan rings is 1. The molecule has 2 rings (SSSR count). The fourth-order valence-corrected chi connectivity index (χ4v) is 2.11. The van der Waals surface area contributed by atoms with Crippen molar-refractivity contribution in [1.82, 2.24) is 10.6 Å². The Hall–Kier alpha value is -2.23. The van der Waals surface area contributed by atoms with Gasteiger partial charge in [0, 0.05) is 13.6 Å². The fraction of sp³-hybridized carbons (Fsp3) is 0.294. The van der Waals surface area contributed by atoms with Gasteiger partial charge in [0.15, 0.2) is 11.7 Å². The molecule has 0 aliphatic carbocycles. The van der Waals surface area contributed by atoms with E-state index in [0.717, 1.165) is 18.7 Å². The molecule has 0 unspecified atom stereocenters. The molecule has 2 aromatic rings. The summed E-state index contributed by atoms with van der Waals surface area (Å²) in [4.78, 5) is 15.1. The number of aliphatic imine (C=N–C) groups is 1. The van der Waals surface area contributed by atoms with Gasteiger partial charge >= 0.3 is 0 Å². The number of guanidine groups is 1. The molecule has 136 valence electrons. The van der Waals surface area contributed by atoms with E-state index in [9.17, 15) is 4.79 Å². The van der Waals surface area contributed by atoms with E-state index < -0.39 is 5.91 Å². The van der Waals surface area contributed by atoms with Gasteiger partial charge < -0.3 is 25.5 Å². The fourth-order valence-electron chi connectivity index (χ4n) is 2.11. The van der Waals surface area contributed by atoms with Crippen molar-refractivity contribution in [3.05, 3.63) is 53.5 Å². The van der Waals surface area contributed by atoms with Crippen molar-refractivity contribution in [3.63, 3.8) is 0 Å². The van der Waals surface area contributed by atoms with Crippen LogP contribution in [-0.4, -0.2) is 32.6 Å². The van der Waals surface area contributed by atoms with Gasteiger partial charge in [0.1, 0.15) is 11.5 Å². The Morgan fingerprint density at radius 2 is 1.92 bits per heavy atom. The van der Waals surface area contributed by atoms with Gasteiger partial charge in [-0.2, -0.15) is 0 Å². The van der Waals surface area contributed by atoms with Crippen LogP contribution < -0.4 is 21.1 Å². The maximum atomic E-state index is 11.0. The van der Waals surface area contributed by atoms with Crippen LogP contribution in [-0.2, 0) is 13.0 Å². The van der Waals surface area contributed by atoms with Crippen LogP contribution in [0.5, 0.6) is 5.75 Å². The third-order valence-corrected chi connectivity index (χ3v) is 3.42. The molecule has 1 aromatic carbocycles. The maximum absolute atomic E-state index is 11.0. The number of nitrogens with one attached hydrogen (secondary N) is 2. The van der Waals surface area contributed by atoms with E-state index in [1.165, 1.54) is 5.56 Å². The quantitative estimate of drug-likeness (QED) is 0.334. The first-order chi connectivity index (χ1) is 11.6. The Bertz CT molecular complexity index is 698. The van der Waals surface area contributed by atoms with Crippen molar-refractivity contribution in [2.24, 2.45) is 10.7 Å². The van der Waals surface area contributed by atoms with Crippen LogP contribution in [0.25, 0.3) is 0 Å². The lowest BCUT2D eigenvalue weighted by Gasteiger charge is -2.11. The molecule has 1 heterocycles. The van der Waals surface area contributed by atoms with Crippen molar-refractivity contribution < 1.29 is 13.9 Å². The molecule has 0 aliphatic rings. The summed E-state index contributed by atoms with van der Waals surface area (Å²) in [5.41, 5.74) is 6.36. The van der Waals surface area contributed by atoms with E-state index in [0.29, 0.717) is 18.3 Å². The van der Waals surface area contributed by atoms with Gasteiger partial charge in [-0.25, -0.2) is 0 Å². The zero-order chi connectivity index (χ0) is 17.4. The SMILES string of the molecule is CN=C(NCCc1ccc(OC)cc1)NCc1ccc(C(N)=O)o1.I. The van der Waals surface area contributed by atoms with E-state index in [-0.39, 0.29) is 29.7 Å². The van der Waals surface area contributed by atoms with Crippen LogP contribution in [0.15, 0.2) is 45.8 Å². The van der Waals surface area contributed by atoms with Crippen molar-refractivity contribution in [3.8, 4) is 5.75 Å². The number of hydrogen-bond donors (Lipinski definition) is 3. The lowest BCUT2D eigenvalue weighted by Crippen LogP contribution is -2.37. The summed E-state index contributed by atoms with van der Waals surface area (Å²) in [6.45, 7) is 1.15. The number of primary amides is 1. The standard InChI is InChI=1S/C17H22N4O3.HI/c1-19-17(21-11-14-7-8-15(24-14)16(18)22)20-10-9-12-3-5-13(23-2)6-4-12;/h3-8H,9-11H2,1-2H3,(H2,18,22)(H2,19,20,21);1H. The smallest absolute Gasteiger partial charge is 0.284 e. The van der Waals surface area contributed by atoms with Crippen LogP contribution in [0.2, 0.25) is 0 Å². The van der Waals surface area contributed by atoms with Crippen molar-refractivity contribution in [2.45, 2.75) is 13.0 Å². The molecule has 0 bridgehead atoms. The first-order valence-electron chi connectivity index (χ1n) is 7.58. The van der Waals surface area contributed by atoms with Crippen molar-refractivity contribution >= 4 is 35.8 Å². The Morgan fingerprint density at radius 1 is 1.20 bits per heavy atom. The topological polar surface area (TPSA) is 102 Å². The van der Waals surface area contributed by atoms with E-state index in [1.807, 2.05) is 24.3 Å². The molecule has 4 N–H and O–H groups in total. The molecule has 0 radical (unpaired) electrons. The van der Waals surface area contributed by atoms with E-state index >= 15 is 0 Å². The number of ether oxygens (including phenoxy) is 1. The number of carbonyl (C=O) groups is 1. The number of nitrogens with two attached hydrogens (primary N) is 1. The summed E-state index contributed by atoms with van der Waals surface area (Å²) in [6, 6.07) is 11.2. The molecule has 0 fully saturated rings. The van der Waals surface area contributed by atoms with Gasteiger partial charge in [-0.05, 0) is 36.2 Å². The molecule has 1 aromatic heterocycles. The number of amides is 1. The lowest BCUT2D eigenvalue weighted by atomic mass is 10.1. The molecular weight excluding hydrogens is 435 g/mol. The summed E-state index contributed by atoms with van der Waals surface area (Å²) in [7, 11) is 3.34. The van der Waals surface area contributed by atoms with Gasteiger partial charge in [0.2, 0.25) is 0 Å². The highest BCUT2D eigenvalue weighted by Crippen LogP contribution is 2.11. The predicted molar refractivity (Wildman–Crippen MR) is 108 cm³/mol. The minimum absolute atomic E-state index is 0. The number of methoxy groups -OCH3 is 1. The molecular formula is C17H23IN4O3. The Labute approximate surface area is 164 Å². The van der Waals surface area contributed by atoms with E-state index in [1.54, 1.807) is 26.3 Å². The molecule has 0 aliphatic heterocycles. The summed E-state index contributed by atoms with van der Waals surface area (Å²) in [5.74, 6) is 1.68. The Morgan fingerprint density at radius 3 is 2.48 bits per heavy atom. The average molecular weight is 458 g/mol. The highest BCUT2D eigenvalue weighted by molar-refractivity contribution is 14.0. The lowest BCUT2D eigenvalue weighted by molar-refractivity contribution is 0.0972. The summed E-state index contributed by atoms with van der Waals surface area (Å²) < 4.78 is 10.4. The zero-order valence-electron chi connectivity index (χ0n) is 14.2. The minimum Gasteiger partial charge on any atom is -0.497 e. The number of halogens is 1. The van der Waals surface area contributed by atoms with Crippen molar-refractivity contribution in [2.75, 3.05) is 20.7 Å². The summed E-state index contributed by atoms with van der Waals surface area (Å²) in [6.07, 6.45) is 0.858. The number of rotatable bonds is 7. The second-order valence-electron chi connectivity index (χ2n) is 5.08. The first kappa shape index (κ1) is 20.8.